The number of benzene rings is 1. The summed E-state index contributed by atoms with van der Waals surface area (Å²) in [6.45, 7) is 6.38. The molecule has 0 nitrogen and oxygen atoms in total. The Morgan fingerprint density at radius 3 is 1.10 bits per heavy atom. The number of hydrogen-bond donors (Lipinski definition) is 0. The van der Waals surface area contributed by atoms with Crippen LogP contribution in [0.15, 0.2) is 18.2 Å². The summed E-state index contributed by atoms with van der Waals surface area (Å²) in [5.74, 6) is 0. The van der Waals surface area contributed by atoms with Gasteiger partial charge < -0.3 is 0 Å². The second-order valence-electron chi connectivity index (χ2n) is 2.67. The molecule has 1 heteroatoms. The van der Waals surface area contributed by atoms with Crippen molar-refractivity contribution in [1.82, 2.24) is 0 Å². The van der Waals surface area contributed by atoms with E-state index in [1.54, 1.807) is 0 Å². The molecule has 0 bridgehead atoms. The average Bonchev–Trinajstić information content (AvgIpc) is 1.59. The molecule has 1 aromatic carbocycles. The van der Waals surface area contributed by atoms with Gasteiger partial charge in [-0.1, -0.05) is 34.9 Å². The first-order valence-electron chi connectivity index (χ1n) is 3.23. The summed E-state index contributed by atoms with van der Waals surface area (Å²) in [6.07, 6.45) is 0. The van der Waals surface area contributed by atoms with Gasteiger partial charge in [0.1, 0.15) is 0 Å². The van der Waals surface area contributed by atoms with E-state index < -0.39 is 0 Å². The third-order valence-corrected chi connectivity index (χ3v) is 1.37. The van der Waals surface area contributed by atoms with Gasteiger partial charge in [-0.15, -0.1) is 0 Å². The van der Waals surface area contributed by atoms with E-state index in [-0.39, 0.29) is 22.4 Å². The van der Waals surface area contributed by atoms with Crippen LogP contribution in [0.4, 0.5) is 0 Å². The molecular formula is C9H12Au. The van der Waals surface area contributed by atoms with E-state index in [9.17, 15) is 0 Å². The molecule has 0 aliphatic rings. The largest absolute Gasteiger partial charge is 0.0564 e. The molecule has 0 saturated heterocycles. The molecule has 10 heavy (non-hydrogen) atoms. The normalized spacial score (nSPS) is 8.70. The van der Waals surface area contributed by atoms with Crippen LogP contribution in [0.2, 0.25) is 0 Å². The van der Waals surface area contributed by atoms with Gasteiger partial charge in [0, 0.05) is 22.4 Å². The van der Waals surface area contributed by atoms with E-state index in [4.69, 9.17) is 0 Å². The molecule has 1 radical (unpaired) electrons. The van der Waals surface area contributed by atoms with Gasteiger partial charge in [-0.3, -0.25) is 0 Å². The minimum Gasteiger partial charge on any atom is -0.0564 e. The predicted molar refractivity (Wildman–Crippen MR) is 40.7 cm³/mol. The van der Waals surface area contributed by atoms with E-state index in [1.165, 1.54) is 16.7 Å². The smallest absolute Gasteiger partial charge is 0 e. The number of aryl methyl sites for hydroxylation is 3. The molecule has 0 fully saturated rings. The Balaban J connectivity index is 0.000000810. The number of rotatable bonds is 0. The fourth-order valence-corrected chi connectivity index (χ4v) is 1.20. The van der Waals surface area contributed by atoms with Crippen LogP contribution >= 0.6 is 0 Å². The Hall–Kier alpha value is -0.0397. The van der Waals surface area contributed by atoms with E-state index in [2.05, 4.69) is 39.0 Å². The fraction of sp³-hybridized carbons (Fsp3) is 0.333. The summed E-state index contributed by atoms with van der Waals surface area (Å²) in [5, 5.41) is 0. The van der Waals surface area contributed by atoms with Crippen molar-refractivity contribution in [2.45, 2.75) is 20.8 Å². The first-order valence-corrected chi connectivity index (χ1v) is 3.23. The van der Waals surface area contributed by atoms with Gasteiger partial charge in [0.25, 0.3) is 0 Å². The standard InChI is InChI=1S/C9H12.Au/c1-7-4-8(2)6-9(3)5-7;/h4-6H,1-3H3;. The molecule has 0 aromatic heterocycles. The van der Waals surface area contributed by atoms with Crippen molar-refractivity contribution in [3.8, 4) is 0 Å². The molecule has 0 aliphatic heterocycles. The summed E-state index contributed by atoms with van der Waals surface area (Å²) in [7, 11) is 0. The quantitative estimate of drug-likeness (QED) is 0.645. The minimum absolute atomic E-state index is 0. The van der Waals surface area contributed by atoms with Gasteiger partial charge in [0.05, 0.1) is 0 Å². The molecule has 0 unspecified atom stereocenters. The van der Waals surface area contributed by atoms with Crippen LogP contribution in [0.3, 0.4) is 0 Å². The van der Waals surface area contributed by atoms with Crippen molar-refractivity contribution in [2.24, 2.45) is 0 Å². The van der Waals surface area contributed by atoms with E-state index in [0.29, 0.717) is 0 Å². The Morgan fingerprint density at radius 2 is 0.900 bits per heavy atom. The summed E-state index contributed by atoms with van der Waals surface area (Å²) in [5.41, 5.74) is 4.06. The van der Waals surface area contributed by atoms with Gasteiger partial charge in [-0.25, -0.2) is 0 Å². The van der Waals surface area contributed by atoms with Gasteiger partial charge in [0.15, 0.2) is 0 Å². The molecule has 0 aliphatic carbocycles. The van der Waals surface area contributed by atoms with Gasteiger partial charge in [0.2, 0.25) is 0 Å². The molecule has 1 aromatic rings. The van der Waals surface area contributed by atoms with Crippen LogP contribution in [0.1, 0.15) is 16.7 Å². The van der Waals surface area contributed by atoms with E-state index in [1.807, 2.05) is 0 Å². The second kappa shape index (κ2) is 3.97. The predicted octanol–water partition coefficient (Wildman–Crippen LogP) is 2.61. The molecule has 0 N–H and O–H groups in total. The van der Waals surface area contributed by atoms with E-state index in [0.717, 1.165) is 0 Å². The van der Waals surface area contributed by atoms with Gasteiger partial charge >= 0.3 is 0 Å². The minimum atomic E-state index is 0. The van der Waals surface area contributed by atoms with Crippen LogP contribution in [-0.4, -0.2) is 0 Å². The van der Waals surface area contributed by atoms with Crippen LogP contribution in [0, 0.1) is 20.8 Å². The summed E-state index contributed by atoms with van der Waals surface area (Å²) in [4.78, 5) is 0. The van der Waals surface area contributed by atoms with Crippen molar-refractivity contribution in [2.75, 3.05) is 0 Å². The summed E-state index contributed by atoms with van der Waals surface area (Å²) < 4.78 is 0. The first kappa shape index (κ1) is 9.96. The Morgan fingerprint density at radius 1 is 0.700 bits per heavy atom. The maximum Gasteiger partial charge on any atom is 0 e. The monoisotopic (exact) mass is 317 g/mol. The Kier molecular flexibility index (Phi) is 3.95. The molecule has 0 saturated carbocycles. The zero-order valence-electron chi connectivity index (χ0n) is 6.53. The van der Waals surface area contributed by atoms with Crippen LogP contribution in [0.25, 0.3) is 0 Å². The zero-order valence-corrected chi connectivity index (χ0v) is 8.70. The first-order chi connectivity index (χ1) is 4.18. The molecular weight excluding hydrogens is 305 g/mol. The average molecular weight is 317 g/mol. The maximum atomic E-state index is 2.19. The summed E-state index contributed by atoms with van der Waals surface area (Å²) in [6, 6.07) is 6.56. The van der Waals surface area contributed by atoms with Gasteiger partial charge in [-0.05, 0) is 20.8 Å². The Bertz CT molecular complexity index is 165. The van der Waals surface area contributed by atoms with Crippen LogP contribution < -0.4 is 0 Å². The molecule has 0 atom stereocenters. The third-order valence-electron chi connectivity index (χ3n) is 1.37. The summed E-state index contributed by atoms with van der Waals surface area (Å²) >= 11 is 0. The molecule has 0 spiro atoms. The molecule has 0 amide bonds. The molecule has 1 rings (SSSR count). The Labute approximate surface area is 78.2 Å². The van der Waals surface area contributed by atoms with Gasteiger partial charge in [-0.2, -0.15) is 0 Å². The third kappa shape index (κ3) is 2.70. The second-order valence-corrected chi connectivity index (χ2v) is 2.67. The topological polar surface area (TPSA) is 0 Å². The van der Waals surface area contributed by atoms with Crippen LogP contribution in [0.5, 0.6) is 0 Å². The fourth-order valence-electron chi connectivity index (χ4n) is 1.20. The molecule has 59 valence electrons. The number of hydrogen-bond acceptors (Lipinski definition) is 0. The van der Waals surface area contributed by atoms with Crippen molar-refractivity contribution in [3.05, 3.63) is 34.9 Å². The van der Waals surface area contributed by atoms with E-state index >= 15 is 0 Å². The SMILES string of the molecule is Cc1cc(C)cc(C)c1.[Au]. The zero-order chi connectivity index (χ0) is 6.85. The van der Waals surface area contributed by atoms with Crippen molar-refractivity contribution < 1.29 is 22.4 Å². The van der Waals surface area contributed by atoms with Crippen molar-refractivity contribution in [1.29, 1.82) is 0 Å². The van der Waals surface area contributed by atoms with Crippen molar-refractivity contribution >= 4 is 0 Å². The molecule has 0 heterocycles. The van der Waals surface area contributed by atoms with Crippen molar-refractivity contribution in [3.63, 3.8) is 0 Å². The van der Waals surface area contributed by atoms with Crippen LogP contribution in [-0.2, 0) is 22.4 Å². The maximum absolute atomic E-state index is 2.19.